The standard InChI is InChI=1S/C21H24F3N5O2/c1-3-14(11-30)27-19(31)12-4-9-17-16(10-12)18(25)20(28(2)26)29(17)15-7-5-13(6-8-15)21(22,23)24/h4-10,14,30H,3,11,25-26H2,1-2H3,(H,27,31). The number of hydrazine groups is 1. The van der Waals surface area contributed by atoms with Gasteiger partial charge < -0.3 is 16.2 Å². The molecule has 6 N–H and O–H groups in total. The van der Waals surface area contributed by atoms with Crippen molar-refractivity contribution in [3.05, 3.63) is 53.6 Å². The Morgan fingerprint density at radius 1 is 1.23 bits per heavy atom. The van der Waals surface area contributed by atoms with E-state index in [2.05, 4.69) is 5.32 Å². The smallest absolute Gasteiger partial charge is 0.395 e. The molecule has 0 aliphatic carbocycles. The first-order valence-electron chi connectivity index (χ1n) is 9.60. The first-order chi connectivity index (χ1) is 14.6. The number of halogens is 3. The zero-order valence-corrected chi connectivity index (χ0v) is 17.1. The van der Waals surface area contributed by atoms with Gasteiger partial charge in [0.25, 0.3) is 5.91 Å². The Morgan fingerprint density at radius 2 is 1.87 bits per heavy atom. The summed E-state index contributed by atoms with van der Waals surface area (Å²) in [6.45, 7) is 1.66. The molecule has 0 aliphatic rings. The van der Waals surface area contributed by atoms with Crippen molar-refractivity contribution in [1.82, 2.24) is 9.88 Å². The van der Waals surface area contributed by atoms with Crippen LogP contribution in [-0.4, -0.2) is 35.3 Å². The molecule has 0 bridgehead atoms. The average Bonchev–Trinajstić information content (AvgIpc) is 3.03. The quantitative estimate of drug-likeness (QED) is 0.352. The van der Waals surface area contributed by atoms with Crippen LogP contribution in [0.5, 0.6) is 0 Å². The number of alkyl halides is 3. The molecule has 1 atom stereocenters. The Labute approximate surface area is 177 Å². The first kappa shape index (κ1) is 22.4. The van der Waals surface area contributed by atoms with Gasteiger partial charge >= 0.3 is 6.18 Å². The van der Waals surface area contributed by atoms with Crippen molar-refractivity contribution in [1.29, 1.82) is 0 Å². The number of nitrogens with one attached hydrogen (secondary N) is 1. The molecule has 3 rings (SSSR count). The highest BCUT2D eigenvalue weighted by Gasteiger charge is 2.30. The van der Waals surface area contributed by atoms with Gasteiger partial charge in [-0.3, -0.25) is 14.4 Å². The van der Waals surface area contributed by atoms with Gasteiger partial charge in [-0.25, -0.2) is 5.84 Å². The Kier molecular flexibility index (Phi) is 6.14. The molecule has 10 heteroatoms. The van der Waals surface area contributed by atoms with Crippen LogP contribution in [0.2, 0.25) is 0 Å². The van der Waals surface area contributed by atoms with Gasteiger partial charge in [0.2, 0.25) is 0 Å². The molecule has 1 heterocycles. The Morgan fingerprint density at radius 3 is 2.39 bits per heavy atom. The summed E-state index contributed by atoms with van der Waals surface area (Å²) in [5.74, 6) is 5.96. The molecule has 3 aromatic rings. The van der Waals surface area contributed by atoms with Crippen LogP contribution in [-0.2, 0) is 6.18 Å². The third-order valence-corrected chi connectivity index (χ3v) is 5.08. The summed E-state index contributed by atoms with van der Waals surface area (Å²) < 4.78 is 40.5. The summed E-state index contributed by atoms with van der Waals surface area (Å²) >= 11 is 0. The van der Waals surface area contributed by atoms with E-state index in [0.29, 0.717) is 34.4 Å². The van der Waals surface area contributed by atoms with E-state index < -0.39 is 11.7 Å². The van der Waals surface area contributed by atoms with Gasteiger partial charge in [-0.05, 0) is 48.9 Å². The molecule has 0 spiro atoms. The lowest BCUT2D eigenvalue weighted by Crippen LogP contribution is -2.36. The van der Waals surface area contributed by atoms with Gasteiger partial charge in [0.1, 0.15) is 0 Å². The van der Waals surface area contributed by atoms with Crippen molar-refractivity contribution in [3.63, 3.8) is 0 Å². The van der Waals surface area contributed by atoms with E-state index in [1.165, 1.54) is 17.1 Å². The van der Waals surface area contributed by atoms with Gasteiger partial charge in [0, 0.05) is 23.7 Å². The number of nitrogens with two attached hydrogens (primary N) is 2. The second-order valence-electron chi connectivity index (χ2n) is 7.22. The number of hydrogen-bond acceptors (Lipinski definition) is 5. The second-order valence-corrected chi connectivity index (χ2v) is 7.22. The molecule has 0 radical (unpaired) electrons. The molecule has 0 saturated carbocycles. The largest absolute Gasteiger partial charge is 0.416 e. The highest BCUT2D eigenvalue weighted by atomic mass is 19.4. The number of aromatic nitrogens is 1. The minimum Gasteiger partial charge on any atom is -0.395 e. The topological polar surface area (TPSA) is 110 Å². The fraction of sp³-hybridized carbons (Fsp3) is 0.286. The van der Waals surface area contributed by atoms with E-state index in [0.717, 1.165) is 12.1 Å². The summed E-state index contributed by atoms with van der Waals surface area (Å²) in [4.78, 5) is 12.5. The molecule has 2 aromatic carbocycles. The molecule has 0 fully saturated rings. The van der Waals surface area contributed by atoms with Crippen molar-refractivity contribution in [3.8, 4) is 5.69 Å². The van der Waals surface area contributed by atoms with E-state index in [9.17, 15) is 23.1 Å². The fourth-order valence-electron chi connectivity index (χ4n) is 3.40. The lowest BCUT2D eigenvalue weighted by molar-refractivity contribution is -0.137. The molecule has 1 aromatic heterocycles. The van der Waals surface area contributed by atoms with Gasteiger partial charge in [-0.15, -0.1) is 0 Å². The van der Waals surface area contributed by atoms with Crippen molar-refractivity contribution < 1.29 is 23.1 Å². The van der Waals surface area contributed by atoms with Crippen LogP contribution in [0.15, 0.2) is 42.5 Å². The third-order valence-electron chi connectivity index (χ3n) is 5.08. The zero-order chi connectivity index (χ0) is 22.9. The summed E-state index contributed by atoms with van der Waals surface area (Å²) in [6.07, 6.45) is -3.88. The van der Waals surface area contributed by atoms with E-state index in [-0.39, 0.29) is 24.2 Å². The third kappa shape index (κ3) is 4.30. The van der Waals surface area contributed by atoms with Crippen molar-refractivity contribution in [2.24, 2.45) is 5.84 Å². The lowest BCUT2D eigenvalue weighted by Gasteiger charge is -2.18. The van der Waals surface area contributed by atoms with Crippen LogP contribution >= 0.6 is 0 Å². The number of carbonyl (C=O) groups is 1. The van der Waals surface area contributed by atoms with Crippen LogP contribution in [0.3, 0.4) is 0 Å². The molecular formula is C21H24F3N5O2. The minimum atomic E-state index is -4.45. The molecule has 31 heavy (non-hydrogen) atoms. The number of rotatable bonds is 6. The van der Waals surface area contributed by atoms with Crippen molar-refractivity contribution >= 4 is 28.3 Å². The van der Waals surface area contributed by atoms with E-state index in [4.69, 9.17) is 11.6 Å². The molecule has 1 amide bonds. The molecule has 0 aliphatic heterocycles. The summed E-state index contributed by atoms with van der Waals surface area (Å²) in [7, 11) is 1.56. The highest BCUT2D eigenvalue weighted by molar-refractivity contribution is 6.05. The SMILES string of the molecule is CCC(CO)NC(=O)c1ccc2c(c1)c(N)c(N(C)N)n2-c1ccc(C(F)(F)F)cc1. The number of nitrogens with zero attached hydrogens (tertiary/aromatic N) is 2. The number of anilines is 2. The number of aliphatic hydroxyl groups is 1. The van der Waals surface area contributed by atoms with Crippen LogP contribution in [0.25, 0.3) is 16.6 Å². The Balaban J connectivity index is 2.12. The number of benzene rings is 2. The number of nitrogen functional groups attached to an aromatic ring is 1. The number of hydrogen-bond donors (Lipinski definition) is 4. The summed E-state index contributed by atoms with van der Waals surface area (Å²) in [6, 6.07) is 9.11. The van der Waals surface area contributed by atoms with E-state index in [1.54, 1.807) is 29.8 Å². The van der Waals surface area contributed by atoms with Gasteiger partial charge in [0.15, 0.2) is 5.82 Å². The van der Waals surface area contributed by atoms with Gasteiger partial charge in [0.05, 0.1) is 29.4 Å². The Hall–Kier alpha value is -3.24. The van der Waals surface area contributed by atoms with Crippen LogP contribution in [0, 0.1) is 0 Å². The molecule has 0 saturated heterocycles. The maximum Gasteiger partial charge on any atom is 0.416 e. The van der Waals surface area contributed by atoms with E-state index in [1.807, 2.05) is 6.92 Å². The maximum absolute atomic E-state index is 12.9. The van der Waals surface area contributed by atoms with Crippen LogP contribution < -0.4 is 21.9 Å². The molecule has 7 nitrogen and oxygen atoms in total. The maximum atomic E-state index is 12.9. The molecule has 166 valence electrons. The zero-order valence-electron chi connectivity index (χ0n) is 17.1. The monoisotopic (exact) mass is 435 g/mol. The average molecular weight is 435 g/mol. The number of fused-ring (bicyclic) bond motifs is 1. The van der Waals surface area contributed by atoms with E-state index >= 15 is 0 Å². The number of carbonyl (C=O) groups excluding carboxylic acids is 1. The Bertz CT molecular complexity index is 1090. The summed E-state index contributed by atoms with van der Waals surface area (Å²) in [5.41, 5.74) is 7.17. The fourth-order valence-corrected chi connectivity index (χ4v) is 3.40. The van der Waals surface area contributed by atoms with Crippen LogP contribution in [0.4, 0.5) is 24.7 Å². The summed E-state index contributed by atoms with van der Waals surface area (Å²) in [5, 5.41) is 13.8. The number of amides is 1. The molecule has 1 unspecified atom stereocenters. The lowest BCUT2D eigenvalue weighted by atomic mass is 10.1. The molecular weight excluding hydrogens is 411 g/mol. The van der Waals surface area contributed by atoms with Crippen molar-refractivity contribution in [2.75, 3.05) is 24.4 Å². The highest BCUT2D eigenvalue weighted by Crippen LogP contribution is 2.38. The van der Waals surface area contributed by atoms with Gasteiger partial charge in [-0.2, -0.15) is 13.2 Å². The van der Waals surface area contributed by atoms with Crippen LogP contribution in [0.1, 0.15) is 29.3 Å². The minimum absolute atomic E-state index is 0.182. The van der Waals surface area contributed by atoms with Crippen molar-refractivity contribution in [2.45, 2.75) is 25.6 Å². The predicted octanol–water partition coefficient (Wildman–Crippen LogP) is 3.04. The first-order valence-corrected chi connectivity index (χ1v) is 9.60. The van der Waals surface area contributed by atoms with Gasteiger partial charge in [-0.1, -0.05) is 6.92 Å². The predicted molar refractivity (Wildman–Crippen MR) is 114 cm³/mol. The number of aliphatic hydroxyl groups excluding tert-OH is 1. The second kappa shape index (κ2) is 8.48. The normalized spacial score (nSPS) is 12.7.